The zero-order chi connectivity index (χ0) is 28.6. The molecule has 0 saturated carbocycles. The van der Waals surface area contributed by atoms with Crippen LogP contribution in [0.25, 0.3) is 22.5 Å². The second kappa shape index (κ2) is 12.7. The molecule has 3 nitrogen and oxygen atoms in total. The summed E-state index contributed by atoms with van der Waals surface area (Å²) < 4.78 is 15.0. The van der Waals surface area contributed by atoms with Crippen LogP contribution in [-0.4, -0.2) is 15.0 Å². The van der Waals surface area contributed by atoms with Crippen LogP contribution in [0.5, 0.6) is 0 Å². The van der Waals surface area contributed by atoms with Crippen LogP contribution in [0.15, 0.2) is 146 Å². The molecule has 0 N–H and O–H groups in total. The topological polar surface area (TPSA) is 38.7 Å². The number of hydrogen-bond donors (Lipinski definition) is 0. The van der Waals surface area contributed by atoms with E-state index in [1.165, 1.54) is 6.07 Å². The number of nitrogens with zero attached hydrogens (tertiary/aromatic N) is 3. The van der Waals surface area contributed by atoms with E-state index in [0.717, 1.165) is 64.4 Å². The Labute approximate surface area is 246 Å². The summed E-state index contributed by atoms with van der Waals surface area (Å²) in [5.74, 6) is -0.274. The maximum absolute atomic E-state index is 15.0. The Hall–Kier alpha value is -4.96. The van der Waals surface area contributed by atoms with E-state index in [2.05, 4.69) is 47.4 Å². The third-order valence-electron chi connectivity index (χ3n) is 7.79. The molecule has 6 aromatic rings. The Morgan fingerprint density at radius 1 is 0.548 bits per heavy atom. The highest BCUT2D eigenvalue weighted by atomic mass is 19.1. The molecule has 3 aromatic carbocycles. The third-order valence-corrected chi connectivity index (χ3v) is 7.79. The lowest BCUT2D eigenvalue weighted by molar-refractivity contribution is 0.490. The summed E-state index contributed by atoms with van der Waals surface area (Å²) in [4.78, 5) is 15.0. The van der Waals surface area contributed by atoms with Gasteiger partial charge in [0.05, 0.1) is 28.2 Å². The fourth-order valence-electron chi connectivity index (χ4n) is 5.71. The average molecular weight is 550 g/mol. The lowest BCUT2D eigenvalue weighted by atomic mass is 9.70. The molecule has 206 valence electrons. The molecular formula is C38H32FN3. The fourth-order valence-corrected chi connectivity index (χ4v) is 5.71. The highest BCUT2D eigenvalue weighted by Gasteiger charge is 2.39. The van der Waals surface area contributed by atoms with E-state index in [0.29, 0.717) is 6.42 Å². The minimum atomic E-state index is -0.776. The predicted molar refractivity (Wildman–Crippen MR) is 167 cm³/mol. The summed E-state index contributed by atoms with van der Waals surface area (Å²) >= 11 is 0. The minimum Gasteiger partial charge on any atom is -0.261 e. The van der Waals surface area contributed by atoms with Gasteiger partial charge in [0, 0.05) is 23.0 Å². The quantitative estimate of drug-likeness (QED) is 0.160. The summed E-state index contributed by atoms with van der Waals surface area (Å²) in [5, 5.41) is 0. The molecule has 0 bridgehead atoms. The predicted octanol–water partition coefficient (Wildman–Crippen LogP) is 9.09. The van der Waals surface area contributed by atoms with E-state index in [1.807, 2.05) is 85.1 Å². The van der Waals surface area contributed by atoms with Gasteiger partial charge in [0.15, 0.2) is 0 Å². The molecule has 0 spiro atoms. The molecular weight excluding hydrogens is 517 g/mol. The van der Waals surface area contributed by atoms with Crippen molar-refractivity contribution in [3.63, 3.8) is 0 Å². The largest absolute Gasteiger partial charge is 0.261 e. The van der Waals surface area contributed by atoms with Crippen LogP contribution in [0.2, 0.25) is 0 Å². The number of halogens is 1. The minimum absolute atomic E-state index is 0.274. The summed E-state index contributed by atoms with van der Waals surface area (Å²) in [7, 11) is 0. The fraction of sp³-hybridized carbons (Fsp3) is 0.132. The third kappa shape index (κ3) is 5.89. The van der Waals surface area contributed by atoms with Gasteiger partial charge in [-0.2, -0.15) is 0 Å². The smallest absolute Gasteiger partial charge is 0.123 e. The van der Waals surface area contributed by atoms with Crippen LogP contribution in [0, 0.1) is 5.82 Å². The van der Waals surface area contributed by atoms with Crippen molar-refractivity contribution in [3.05, 3.63) is 174 Å². The van der Waals surface area contributed by atoms with Crippen LogP contribution in [-0.2, 0) is 11.8 Å². The summed E-state index contributed by atoms with van der Waals surface area (Å²) in [6, 6.07) is 45.6. The Kier molecular flexibility index (Phi) is 8.23. The molecule has 0 aliphatic heterocycles. The number of unbranched alkanes of at least 4 members (excludes halogenated alkanes) is 1. The summed E-state index contributed by atoms with van der Waals surface area (Å²) in [6.45, 7) is 0. The standard InChI is InChI=1S/C38H32FN3/c39-32-19-11-18-31(28-32)38(26-9-7-20-33-21-8-10-27-40-33,36-24-12-22-34(41-36)29-14-3-1-4-15-29)37-25-13-23-35(42-37)30-16-5-2-6-17-30/h1-6,8,10-19,21-25,27-28H,7,9,20,26H2. The van der Waals surface area contributed by atoms with Crippen LogP contribution < -0.4 is 0 Å². The maximum Gasteiger partial charge on any atom is 0.123 e. The van der Waals surface area contributed by atoms with E-state index in [-0.39, 0.29) is 5.82 Å². The molecule has 0 aliphatic carbocycles. The van der Waals surface area contributed by atoms with Gasteiger partial charge in [-0.05, 0) is 73.4 Å². The second-order valence-electron chi connectivity index (χ2n) is 10.5. The maximum atomic E-state index is 15.0. The normalized spacial score (nSPS) is 11.4. The van der Waals surface area contributed by atoms with Gasteiger partial charge in [-0.1, -0.05) is 97.4 Å². The molecule has 0 fully saturated rings. The number of benzene rings is 3. The Morgan fingerprint density at radius 2 is 1.14 bits per heavy atom. The molecule has 3 heterocycles. The first-order valence-electron chi connectivity index (χ1n) is 14.4. The van der Waals surface area contributed by atoms with Gasteiger partial charge in [0.25, 0.3) is 0 Å². The van der Waals surface area contributed by atoms with Crippen molar-refractivity contribution in [1.29, 1.82) is 0 Å². The molecule has 6 rings (SSSR count). The number of aromatic nitrogens is 3. The first kappa shape index (κ1) is 27.2. The van der Waals surface area contributed by atoms with Gasteiger partial charge in [0.1, 0.15) is 5.82 Å². The molecule has 0 amide bonds. The van der Waals surface area contributed by atoms with Crippen molar-refractivity contribution in [3.8, 4) is 22.5 Å². The van der Waals surface area contributed by atoms with E-state index < -0.39 is 5.41 Å². The number of hydrogen-bond acceptors (Lipinski definition) is 3. The van der Waals surface area contributed by atoms with Crippen molar-refractivity contribution >= 4 is 0 Å². The van der Waals surface area contributed by atoms with Gasteiger partial charge >= 0.3 is 0 Å². The molecule has 42 heavy (non-hydrogen) atoms. The lowest BCUT2D eigenvalue weighted by Crippen LogP contribution is -2.32. The highest BCUT2D eigenvalue weighted by Crippen LogP contribution is 2.43. The van der Waals surface area contributed by atoms with Crippen LogP contribution in [0.4, 0.5) is 4.39 Å². The van der Waals surface area contributed by atoms with E-state index in [1.54, 1.807) is 12.1 Å². The average Bonchev–Trinajstić information content (AvgIpc) is 3.06. The van der Waals surface area contributed by atoms with Crippen LogP contribution >= 0.6 is 0 Å². The molecule has 0 unspecified atom stereocenters. The first-order chi connectivity index (χ1) is 20.7. The van der Waals surface area contributed by atoms with Gasteiger partial charge < -0.3 is 0 Å². The van der Waals surface area contributed by atoms with Crippen molar-refractivity contribution in [2.75, 3.05) is 0 Å². The summed E-state index contributed by atoms with van der Waals surface area (Å²) in [6.07, 6.45) is 5.23. The lowest BCUT2D eigenvalue weighted by Gasteiger charge is -2.34. The molecule has 0 radical (unpaired) electrons. The van der Waals surface area contributed by atoms with E-state index in [4.69, 9.17) is 9.97 Å². The molecule has 0 aliphatic rings. The van der Waals surface area contributed by atoms with Gasteiger partial charge in [-0.3, -0.25) is 15.0 Å². The van der Waals surface area contributed by atoms with Gasteiger partial charge in [0.2, 0.25) is 0 Å². The molecule has 4 heteroatoms. The molecule has 0 atom stereocenters. The van der Waals surface area contributed by atoms with Crippen molar-refractivity contribution in [2.24, 2.45) is 0 Å². The monoisotopic (exact) mass is 549 g/mol. The molecule has 3 aromatic heterocycles. The molecule has 0 saturated heterocycles. The number of rotatable bonds is 10. The second-order valence-corrected chi connectivity index (χ2v) is 10.5. The Bertz CT molecular complexity index is 1650. The number of pyridine rings is 3. The van der Waals surface area contributed by atoms with Crippen molar-refractivity contribution in [1.82, 2.24) is 15.0 Å². The number of aryl methyl sites for hydroxylation is 1. The highest BCUT2D eigenvalue weighted by molar-refractivity contribution is 5.62. The van der Waals surface area contributed by atoms with E-state index in [9.17, 15) is 4.39 Å². The van der Waals surface area contributed by atoms with Crippen LogP contribution in [0.1, 0.15) is 41.9 Å². The zero-order valence-corrected chi connectivity index (χ0v) is 23.4. The SMILES string of the molecule is Fc1cccc(C(CCCCc2ccccn2)(c2cccc(-c3ccccc3)n2)c2cccc(-c3ccccc3)n2)c1. The Morgan fingerprint density at radius 3 is 1.71 bits per heavy atom. The zero-order valence-electron chi connectivity index (χ0n) is 23.4. The van der Waals surface area contributed by atoms with Gasteiger partial charge in [-0.15, -0.1) is 0 Å². The van der Waals surface area contributed by atoms with Crippen molar-refractivity contribution < 1.29 is 4.39 Å². The van der Waals surface area contributed by atoms with E-state index >= 15 is 0 Å². The Balaban J connectivity index is 1.51. The van der Waals surface area contributed by atoms with Crippen LogP contribution in [0.3, 0.4) is 0 Å². The van der Waals surface area contributed by atoms with Crippen molar-refractivity contribution in [2.45, 2.75) is 31.1 Å². The van der Waals surface area contributed by atoms with Gasteiger partial charge in [-0.25, -0.2) is 4.39 Å². The summed E-state index contributed by atoms with van der Waals surface area (Å²) in [5.41, 5.74) is 6.67. The first-order valence-corrected chi connectivity index (χ1v) is 14.4.